The molecule has 2 atom stereocenters. The Morgan fingerprint density at radius 3 is 2.52 bits per heavy atom. The summed E-state index contributed by atoms with van der Waals surface area (Å²) >= 11 is 0. The molecule has 0 aromatic heterocycles. The molecule has 0 spiro atoms. The van der Waals surface area contributed by atoms with Gasteiger partial charge in [0, 0.05) is 11.4 Å². The largest absolute Gasteiger partial charge is 0.391 e. The molecule has 0 radical (unpaired) electrons. The van der Waals surface area contributed by atoms with Gasteiger partial charge in [0.2, 0.25) is 10.0 Å². The first-order chi connectivity index (χ1) is 10.1. The zero-order valence-electron chi connectivity index (χ0n) is 11.7. The summed E-state index contributed by atoms with van der Waals surface area (Å²) in [5.74, 6) is 0. The molecule has 1 fully saturated rings. The van der Waals surface area contributed by atoms with Crippen molar-refractivity contribution in [3.8, 4) is 0 Å². The smallest absolute Gasteiger partial charge is 0.241 e. The highest BCUT2D eigenvalue weighted by atomic mass is 32.2. The second kappa shape index (κ2) is 5.75. The first-order valence-electron chi connectivity index (χ1n) is 7.26. The molecule has 0 heterocycles. The monoisotopic (exact) mass is 305 g/mol. The lowest BCUT2D eigenvalue weighted by Crippen LogP contribution is -2.44. The Labute approximate surface area is 124 Å². The molecule has 0 amide bonds. The van der Waals surface area contributed by atoms with Gasteiger partial charge in [0.15, 0.2) is 0 Å². The quantitative estimate of drug-likeness (QED) is 0.915. The number of hydrogen-bond acceptors (Lipinski definition) is 3. The van der Waals surface area contributed by atoms with E-state index in [1.807, 2.05) is 24.3 Å². The van der Waals surface area contributed by atoms with E-state index in [2.05, 4.69) is 4.72 Å². The van der Waals surface area contributed by atoms with Crippen LogP contribution in [0.25, 0.3) is 10.8 Å². The summed E-state index contributed by atoms with van der Waals surface area (Å²) in [5.41, 5.74) is 0. The van der Waals surface area contributed by atoms with Crippen LogP contribution in [0.3, 0.4) is 0 Å². The molecule has 1 aliphatic carbocycles. The molecule has 2 aromatic rings. The maximum Gasteiger partial charge on any atom is 0.241 e. The Balaban J connectivity index is 1.97. The van der Waals surface area contributed by atoms with Crippen molar-refractivity contribution in [2.75, 3.05) is 0 Å². The standard InChI is InChI=1S/C16H19NO3S/c18-15-10-4-3-9-14(15)17-21(19,20)16-11-5-7-12-6-1-2-8-13(12)16/h1-2,5-8,11,14-15,17-18H,3-4,9-10H2. The van der Waals surface area contributed by atoms with Crippen LogP contribution in [0.4, 0.5) is 0 Å². The van der Waals surface area contributed by atoms with Gasteiger partial charge in [0.05, 0.1) is 11.0 Å². The highest BCUT2D eigenvalue weighted by molar-refractivity contribution is 7.89. The van der Waals surface area contributed by atoms with Crippen molar-refractivity contribution in [2.24, 2.45) is 0 Å². The van der Waals surface area contributed by atoms with Crippen molar-refractivity contribution >= 4 is 20.8 Å². The molecule has 1 saturated carbocycles. The van der Waals surface area contributed by atoms with Crippen LogP contribution in [0.15, 0.2) is 47.4 Å². The Bertz CT molecular complexity index is 737. The molecule has 0 bridgehead atoms. The molecule has 1 aliphatic rings. The lowest BCUT2D eigenvalue weighted by Gasteiger charge is -2.28. The average molecular weight is 305 g/mol. The van der Waals surface area contributed by atoms with Gasteiger partial charge in [-0.1, -0.05) is 49.2 Å². The van der Waals surface area contributed by atoms with Gasteiger partial charge in [0.1, 0.15) is 0 Å². The minimum absolute atomic E-state index is 0.276. The van der Waals surface area contributed by atoms with Gasteiger partial charge >= 0.3 is 0 Å². The third-order valence-electron chi connectivity index (χ3n) is 4.08. The maximum atomic E-state index is 12.6. The van der Waals surface area contributed by atoms with Crippen LogP contribution in [0.1, 0.15) is 25.7 Å². The normalized spacial score (nSPS) is 23.3. The third kappa shape index (κ3) is 2.95. The lowest BCUT2D eigenvalue weighted by atomic mass is 9.93. The fraction of sp³-hybridized carbons (Fsp3) is 0.375. The summed E-state index contributed by atoms with van der Waals surface area (Å²) in [6.07, 6.45) is 2.64. The minimum atomic E-state index is -3.63. The van der Waals surface area contributed by atoms with Crippen LogP contribution in [-0.4, -0.2) is 25.7 Å². The predicted molar refractivity (Wildman–Crippen MR) is 82.5 cm³/mol. The molecule has 2 aromatic carbocycles. The van der Waals surface area contributed by atoms with Crippen LogP contribution in [0, 0.1) is 0 Å². The van der Waals surface area contributed by atoms with Gasteiger partial charge in [-0.3, -0.25) is 0 Å². The number of aliphatic hydroxyl groups is 1. The summed E-state index contributed by atoms with van der Waals surface area (Å²) in [5, 5.41) is 11.6. The van der Waals surface area contributed by atoms with E-state index in [1.54, 1.807) is 18.2 Å². The van der Waals surface area contributed by atoms with E-state index in [4.69, 9.17) is 0 Å². The first-order valence-corrected chi connectivity index (χ1v) is 8.74. The van der Waals surface area contributed by atoms with Gasteiger partial charge in [0.25, 0.3) is 0 Å². The second-order valence-corrected chi connectivity index (χ2v) is 7.24. The molecule has 112 valence electrons. The summed E-state index contributed by atoms with van der Waals surface area (Å²) in [6.45, 7) is 0. The number of rotatable bonds is 3. The van der Waals surface area contributed by atoms with Crippen LogP contribution in [-0.2, 0) is 10.0 Å². The van der Waals surface area contributed by atoms with E-state index >= 15 is 0 Å². The molecular formula is C16H19NO3S. The number of hydrogen-bond donors (Lipinski definition) is 2. The third-order valence-corrected chi connectivity index (χ3v) is 5.62. The van der Waals surface area contributed by atoms with Crippen LogP contribution in [0.5, 0.6) is 0 Å². The Morgan fingerprint density at radius 2 is 1.71 bits per heavy atom. The van der Waals surface area contributed by atoms with Gasteiger partial charge in [-0.25, -0.2) is 13.1 Å². The fourth-order valence-electron chi connectivity index (χ4n) is 2.94. The van der Waals surface area contributed by atoms with Crippen molar-refractivity contribution < 1.29 is 13.5 Å². The number of nitrogens with one attached hydrogen (secondary N) is 1. The molecule has 0 saturated heterocycles. The van der Waals surface area contributed by atoms with Crippen molar-refractivity contribution in [1.82, 2.24) is 4.72 Å². The maximum absolute atomic E-state index is 12.6. The second-order valence-electron chi connectivity index (χ2n) is 5.56. The summed E-state index contributed by atoms with van der Waals surface area (Å²) < 4.78 is 28.0. The van der Waals surface area contributed by atoms with Crippen LogP contribution in [0.2, 0.25) is 0 Å². The summed E-state index contributed by atoms with van der Waals surface area (Å²) in [4.78, 5) is 0.276. The molecule has 2 N–H and O–H groups in total. The van der Waals surface area contributed by atoms with Gasteiger partial charge in [-0.15, -0.1) is 0 Å². The zero-order chi connectivity index (χ0) is 14.9. The SMILES string of the molecule is O=S(=O)(NC1CCCCC1O)c1cccc2ccccc12. The fourth-order valence-corrected chi connectivity index (χ4v) is 4.48. The average Bonchev–Trinajstić information content (AvgIpc) is 2.49. The number of sulfonamides is 1. The Morgan fingerprint density at radius 1 is 1.00 bits per heavy atom. The highest BCUT2D eigenvalue weighted by Crippen LogP contribution is 2.25. The van der Waals surface area contributed by atoms with Crippen molar-refractivity contribution in [2.45, 2.75) is 42.7 Å². The topological polar surface area (TPSA) is 66.4 Å². The van der Waals surface area contributed by atoms with Crippen LogP contribution < -0.4 is 4.72 Å². The molecule has 3 rings (SSSR count). The van der Waals surface area contributed by atoms with E-state index in [0.717, 1.165) is 18.2 Å². The Hall–Kier alpha value is -1.43. The number of aliphatic hydroxyl groups excluding tert-OH is 1. The van der Waals surface area contributed by atoms with Gasteiger partial charge in [-0.2, -0.15) is 0 Å². The zero-order valence-corrected chi connectivity index (χ0v) is 12.5. The van der Waals surface area contributed by atoms with Gasteiger partial charge in [-0.05, 0) is 24.3 Å². The minimum Gasteiger partial charge on any atom is -0.391 e. The number of fused-ring (bicyclic) bond motifs is 1. The molecule has 21 heavy (non-hydrogen) atoms. The molecule has 2 unspecified atom stereocenters. The van der Waals surface area contributed by atoms with Gasteiger partial charge < -0.3 is 5.11 Å². The predicted octanol–water partition coefficient (Wildman–Crippen LogP) is 2.42. The molecule has 4 nitrogen and oxygen atoms in total. The molecule has 0 aliphatic heterocycles. The van der Waals surface area contributed by atoms with E-state index in [1.165, 1.54) is 0 Å². The van der Waals surface area contributed by atoms with E-state index in [0.29, 0.717) is 18.2 Å². The van der Waals surface area contributed by atoms with Crippen molar-refractivity contribution in [3.63, 3.8) is 0 Å². The lowest BCUT2D eigenvalue weighted by molar-refractivity contribution is 0.101. The first kappa shape index (κ1) is 14.5. The highest BCUT2D eigenvalue weighted by Gasteiger charge is 2.28. The number of benzene rings is 2. The Kier molecular flexibility index (Phi) is 3.97. The van der Waals surface area contributed by atoms with E-state index in [9.17, 15) is 13.5 Å². The van der Waals surface area contributed by atoms with Crippen molar-refractivity contribution in [3.05, 3.63) is 42.5 Å². The molecule has 5 heteroatoms. The summed E-state index contributed by atoms with van der Waals surface area (Å²) in [6, 6.07) is 12.3. The molecular weight excluding hydrogens is 286 g/mol. The van der Waals surface area contributed by atoms with Crippen LogP contribution >= 0.6 is 0 Å². The van der Waals surface area contributed by atoms with Crippen molar-refractivity contribution in [1.29, 1.82) is 0 Å². The van der Waals surface area contributed by atoms with E-state index in [-0.39, 0.29) is 10.9 Å². The summed E-state index contributed by atoms with van der Waals surface area (Å²) in [7, 11) is -3.63. The van der Waals surface area contributed by atoms with E-state index < -0.39 is 16.1 Å².